The minimum Gasteiger partial charge on any atom is -0.494 e. The quantitative estimate of drug-likeness (QED) is 0.239. The number of carbonyl (C=O) groups excluding carboxylic acids is 2. The van der Waals surface area contributed by atoms with E-state index in [9.17, 15) is 9.59 Å². The van der Waals surface area contributed by atoms with Gasteiger partial charge in [0.05, 0.1) is 30.6 Å². The Hall–Kier alpha value is -4.43. The van der Waals surface area contributed by atoms with E-state index in [1.54, 1.807) is 29.2 Å². The molecule has 0 radical (unpaired) electrons. The highest BCUT2D eigenvalue weighted by Gasteiger charge is 2.20. The molecule has 2 heterocycles. The van der Waals surface area contributed by atoms with E-state index in [1.807, 2.05) is 38.4 Å². The Labute approximate surface area is 240 Å². The van der Waals surface area contributed by atoms with Crippen LogP contribution in [0.2, 0.25) is 0 Å². The zero-order chi connectivity index (χ0) is 28.9. The third-order valence-corrected chi connectivity index (χ3v) is 7.15. The van der Waals surface area contributed by atoms with Gasteiger partial charge in [-0.1, -0.05) is 44.2 Å². The van der Waals surface area contributed by atoms with Crippen molar-refractivity contribution >= 4 is 28.2 Å². The van der Waals surface area contributed by atoms with E-state index >= 15 is 0 Å². The predicted octanol–water partition coefficient (Wildman–Crippen LogP) is 5.54. The third-order valence-electron chi connectivity index (χ3n) is 7.15. The lowest BCUT2D eigenvalue weighted by Crippen LogP contribution is -2.23. The topological polar surface area (TPSA) is 92.2 Å². The number of hydrogen-bond donors (Lipinski definition) is 2. The minimum absolute atomic E-state index is 0.00832. The van der Waals surface area contributed by atoms with E-state index < -0.39 is 0 Å². The standard InChI is InChI=1S/C33H37N5O3/c1-22(2)24-8-6-23(7-9-24)20-38-21-26(19-34-38)33(40)35-27-10-13-32(39)29(18-27)31-17-25-16-28(11-12-30(25)36-31)41-15-5-14-37(3)4/h6-12,16-19,21-22,36H,5,13-15,20H2,1-4H3,(H,35,40). The number of ether oxygens (including phenoxy) is 1. The number of rotatable bonds is 11. The van der Waals surface area contributed by atoms with Crippen LogP contribution in [0, 0.1) is 0 Å². The lowest BCUT2D eigenvalue weighted by molar-refractivity contribution is -0.113. The van der Waals surface area contributed by atoms with Crippen LogP contribution in [0.1, 0.15) is 59.8 Å². The molecule has 1 aliphatic rings. The Kier molecular flexibility index (Phi) is 8.50. The molecule has 0 atom stereocenters. The van der Waals surface area contributed by atoms with Crippen LogP contribution < -0.4 is 10.1 Å². The van der Waals surface area contributed by atoms with Crippen molar-refractivity contribution in [3.63, 3.8) is 0 Å². The SMILES string of the molecule is CC(C)c1ccc(Cn2cc(C(=O)NC3=CCC(=O)C(c4cc5cc(OCCCN(C)C)ccc5[nH]4)=C3)cn2)cc1. The maximum atomic E-state index is 13.0. The van der Waals surface area contributed by atoms with Gasteiger partial charge in [0.25, 0.3) is 5.91 Å². The van der Waals surface area contributed by atoms with Crippen molar-refractivity contribution in [2.75, 3.05) is 27.2 Å². The first kappa shape index (κ1) is 28.1. The second-order valence-electron chi connectivity index (χ2n) is 11.1. The van der Waals surface area contributed by atoms with Crippen molar-refractivity contribution in [2.24, 2.45) is 0 Å². The molecule has 212 valence electrons. The lowest BCUT2D eigenvalue weighted by Gasteiger charge is -2.13. The molecule has 8 nitrogen and oxygen atoms in total. The fraction of sp³-hybridized carbons (Fsp3) is 0.303. The van der Waals surface area contributed by atoms with Gasteiger partial charge in [-0.15, -0.1) is 0 Å². The van der Waals surface area contributed by atoms with E-state index in [-0.39, 0.29) is 18.1 Å². The molecular formula is C33H37N5O3. The van der Waals surface area contributed by atoms with E-state index in [2.05, 4.69) is 58.4 Å². The van der Waals surface area contributed by atoms with E-state index in [1.165, 1.54) is 5.56 Å². The van der Waals surface area contributed by atoms with Gasteiger partial charge in [-0.3, -0.25) is 14.3 Å². The zero-order valence-corrected chi connectivity index (χ0v) is 24.1. The van der Waals surface area contributed by atoms with Gasteiger partial charge in [0.15, 0.2) is 5.78 Å². The summed E-state index contributed by atoms with van der Waals surface area (Å²) in [6.07, 6.45) is 7.93. The van der Waals surface area contributed by atoms with Gasteiger partial charge in [0.1, 0.15) is 5.75 Å². The van der Waals surface area contributed by atoms with E-state index in [4.69, 9.17) is 4.74 Å². The number of benzene rings is 2. The molecule has 41 heavy (non-hydrogen) atoms. The molecule has 0 aliphatic heterocycles. The average molecular weight is 552 g/mol. The second kappa shape index (κ2) is 12.4. The first-order valence-electron chi connectivity index (χ1n) is 14.0. The Bertz CT molecular complexity index is 1610. The first-order valence-corrected chi connectivity index (χ1v) is 14.0. The second-order valence-corrected chi connectivity index (χ2v) is 11.1. The molecule has 5 rings (SSSR count). The summed E-state index contributed by atoms with van der Waals surface area (Å²) in [5, 5.41) is 8.27. The Morgan fingerprint density at radius 3 is 2.71 bits per heavy atom. The molecule has 0 spiro atoms. The Morgan fingerprint density at radius 2 is 1.95 bits per heavy atom. The molecule has 8 heteroatoms. The summed E-state index contributed by atoms with van der Waals surface area (Å²) in [6, 6.07) is 16.3. The molecule has 0 bridgehead atoms. The summed E-state index contributed by atoms with van der Waals surface area (Å²) in [5.74, 6) is 1.00. The van der Waals surface area contributed by atoms with Gasteiger partial charge in [0.2, 0.25) is 0 Å². The number of allylic oxidation sites excluding steroid dienone is 3. The van der Waals surface area contributed by atoms with Crippen LogP contribution in [0.25, 0.3) is 16.5 Å². The number of nitrogens with zero attached hydrogens (tertiary/aromatic N) is 3. The zero-order valence-electron chi connectivity index (χ0n) is 24.1. The van der Waals surface area contributed by atoms with Crippen molar-refractivity contribution in [2.45, 2.75) is 39.2 Å². The largest absolute Gasteiger partial charge is 0.494 e. The number of hydrogen-bond acceptors (Lipinski definition) is 5. The maximum absolute atomic E-state index is 13.0. The number of H-pyrrole nitrogens is 1. The number of fused-ring (bicyclic) bond motifs is 1. The molecule has 0 unspecified atom stereocenters. The summed E-state index contributed by atoms with van der Waals surface area (Å²) < 4.78 is 7.66. The number of carbonyl (C=O) groups is 2. The van der Waals surface area contributed by atoms with Crippen LogP contribution in [-0.2, 0) is 11.3 Å². The highest BCUT2D eigenvalue weighted by Crippen LogP contribution is 2.28. The van der Waals surface area contributed by atoms with Gasteiger partial charge in [-0.05, 0) is 67.9 Å². The van der Waals surface area contributed by atoms with E-state index in [0.29, 0.717) is 41.6 Å². The van der Waals surface area contributed by atoms with Crippen LogP contribution in [0.4, 0.5) is 0 Å². The molecule has 0 saturated heterocycles. The molecular weight excluding hydrogens is 514 g/mol. The predicted molar refractivity (Wildman–Crippen MR) is 162 cm³/mol. The fourth-order valence-electron chi connectivity index (χ4n) is 4.80. The number of ketones is 1. The minimum atomic E-state index is -0.268. The molecule has 1 aliphatic carbocycles. The fourth-order valence-corrected chi connectivity index (χ4v) is 4.80. The van der Waals surface area contributed by atoms with E-state index in [0.717, 1.165) is 35.2 Å². The van der Waals surface area contributed by atoms with Gasteiger partial charge >= 0.3 is 0 Å². The smallest absolute Gasteiger partial charge is 0.258 e. The van der Waals surface area contributed by atoms with Gasteiger partial charge in [0, 0.05) is 41.3 Å². The summed E-state index contributed by atoms with van der Waals surface area (Å²) in [6.45, 7) is 6.53. The molecule has 0 fully saturated rings. The van der Waals surface area contributed by atoms with Gasteiger partial charge in [-0.2, -0.15) is 5.10 Å². The van der Waals surface area contributed by atoms with Crippen LogP contribution >= 0.6 is 0 Å². The number of Topliss-reactive ketones (excluding diaryl/α,β-unsaturated/α-hetero) is 1. The first-order chi connectivity index (χ1) is 19.7. The van der Waals surface area contributed by atoms with Crippen LogP contribution in [0.15, 0.2) is 78.8 Å². The summed E-state index contributed by atoms with van der Waals surface area (Å²) in [4.78, 5) is 31.3. The van der Waals surface area contributed by atoms with Crippen molar-refractivity contribution in [1.82, 2.24) is 25.0 Å². The highest BCUT2D eigenvalue weighted by atomic mass is 16.5. The number of nitrogens with one attached hydrogen (secondary N) is 2. The van der Waals surface area contributed by atoms with Crippen molar-refractivity contribution < 1.29 is 14.3 Å². The summed E-state index contributed by atoms with van der Waals surface area (Å²) >= 11 is 0. The van der Waals surface area contributed by atoms with Crippen molar-refractivity contribution in [1.29, 1.82) is 0 Å². The summed E-state index contributed by atoms with van der Waals surface area (Å²) in [7, 11) is 4.09. The molecule has 1 amide bonds. The lowest BCUT2D eigenvalue weighted by atomic mass is 9.98. The third kappa shape index (κ3) is 7.02. The Morgan fingerprint density at radius 1 is 1.15 bits per heavy atom. The van der Waals surface area contributed by atoms with Gasteiger partial charge in [-0.25, -0.2) is 0 Å². The highest BCUT2D eigenvalue weighted by molar-refractivity contribution is 6.23. The molecule has 0 saturated carbocycles. The van der Waals surface area contributed by atoms with Crippen molar-refractivity contribution in [3.8, 4) is 5.75 Å². The van der Waals surface area contributed by atoms with Gasteiger partial charge < -0.3 is 19.9 Å². The summed E-state index contributed by atoms with van der Waals surface area (Å²) in [5.41, 5.74) is 5.62. The molecule has 2 aromatic heterocycles. The Balaban J connectivity index is 1.24. The maximum Gasteiger partial charge on any atom is 0.258 e. The number of amides is 1. The normalized spacial score (nSPS) is 13.6. The molecule has 4 aromatic rings. The number of aromatic nitrogens is 3. The van der Waals surface area contributed by atoms with Crippen LogP contribution in [0.3, 0.4) is 0 Å². The van der Waals surface area contributed by atoms with Crippen LogP contribution in [-0.4, -0.2) is 58.6 Å². The van der Waals surface area contributed by atoms with Crippen LogP contribution in [0.5, 0.6) is 5.75 Å². The number of aromatic amines is 1. The average Bonchev–Trinajstić information content (AvgIpc) is 3.59. The molecule has 2 aromatic carbocycles. The molecule has 2 N–H and O–H groups in total. The monoisotopic (exact) mass is 551 g/mol. The van der Waals surface area contributed by atoms with Crippen molar-refractivity contribution in [3.05, 3.63) is 101 Å².